The van der Waals surface area contributed by atoms with Crippen LogP contribution in [-0.2, 0) is 0 Å². The molecular weight excluding hydrogens is 248 g/mol. The molecule has 0 atom stereocenters. The van der Waals surface area contributed by atoms with Gasteiger partial charge in [0.2, 0.25) is 0 Å². The van der Waals surface area contributed by atoms with E-state index in [1.54, 1.807) is 0 Å². The lowest BCUT2D eigenvalue weighted by Crippen LogP contribution is -1.99. The number of rotatable bonds is 7. The van der Waals surface area contributed by atoms with Crippen LogP contribution in [0.15, 0.2) is 54.6 Å². The average Bonchev–Trinajstić information content (AvgIpc) is 2.45. The van der Waals surface area contributed by atoms with Crippen molar-refractivity contribution in [1.82, 2.24) is 0 Å². The Morgan fingerprint density at radius 1 is 0.850 bits per heavy atom. The molecule has 2 heteroatoms. The minimum Gasteiger partial charge on any atom is -0.493 e. The van der Waals surface area contributed by atoms with Crippen LogP contribution in [0, 0.1) is 5.92 Å². The monoisotopic (exact) mass is 270 g/mol. The second-order valence-electron chi connectivity index (χ2n) is 5.27. The van der Waals surface area contributed by atoms with E-state index in [-0.39, 0.29) is 0 Å². The first-order valence-corrected chi connectivity index (χ1v) is 7.20. The maximum Gasteiger partial charge on any atom is 0.131 e. The third-order valence-corrected chi connectivity index (χ3v) is 2.98. The Morgan fingerprint density at radius 3 is 2.30 bits per heavy atom. The van der Waals surface area contributed by atoms with Crippen LogP contribution < -0.4 is 9.47 Å². The van der Waals surface area contributed by atoms with Crippen LogP contribution in [-0.4, -0.2) is 6.61 Å². The third-order valence-electron chi connectivity index (χ3n) is 2.98. The number of hydrogen-bond donors (Lipinski definition) is 0. The molecule has 0 spiro atoms. The lowest BCUT2D eigenvalue weighted by molar-refractivity contribution is 0.296. The van der Waals surface area contributed by atoms with Crippen molar-refractivity contribution in [3.05, 3.63) is 54.6 Å². The highest BCUT2D eigenvalue weighted by Crippen LogP contribution is 2.25. The van der Waals surface area contributed by atoms with Gasteiger partial charge in [0.25, 0.3) is 0 Å². The molecule has 0 aliphatic rings. The van der Waals surface area contributed by atoms with E-state index in [1.807, 2.05) is 54.6 Å². The molecule has 2 nitrogen and oxygen atoms in total. The number of benzene rings is 2. The predicted molar refractivity (Wildman–Crippen MR) is 82.5 cm³/mol. The molecule has 0 N–H and O–H groups in total. The fraction of sp³-hybridized carbons (Fsp3) is 0.333. The summed E-state index contributed by atoms with van der Waals surface area (Å²) < 4.78 is 11.5. The summed E-state index contributed by atoms with van der Waals surface area (Å²) in [6.45, 7) is 5.22. The molecule has 0 aromatic heterocycles. The zero-order valence-corrected chi connectivity index (χ0v) is 12.2. The quantitative estimate of drug-likeness (QED) is 0.636. The van der Waals surface area contributed by atoms with Gasteiger partial charge in [-0.25, -0.2) is 0 Å². The summed E-state index contributed by atoms with van der Waals surface area (Å²) in [6, 6.07) is 17.6. The summed E-state index contributed by atoms with van der Waals surface area (Å²) in [5, 5.41) is 0. The summed E-state index contributed by atoms with van der Waals surface area (Å²) in [5.74, 6) is 3.23. The fourth-order valence-corrected chi connectivity index (χ4v) is 1.93. The summed E-state index contributed by atoms with van der Waals surface area (Å²) in [5.41, 5.74) is 0. The zero-order chi connectivity index (χ0) is 14.2. The van der Waals surface area contributed by atoms with Crippen molar-refractivity contribution in [2.75, 3.05) is 6.61 Å². The Balaban J connectivity index is 1.88. The molecule has 0 fully saturated rings. The van der Waals surface area contributed by atoms with E-state index in [4.69, 9.17) is 9.47 Å². The maximum absolute atomic E-state index is 5.78. The van der Waals surface area contributed by atoms with Gasteiger partial charge in [-0.05, 0) is 43.0 Å². The molecular formula is C18H22O2. The standard InChI is InChI=1S/C18H22O2/c1-15(2)8-7-13-19-17-11-6-12-18(14-17)20-16-9-4-3-5-10-16/h3-6,9-12,14-15H,7-8,13H2,1-2H3. The van der Waals surface area contributed by atoms with Crippen LogP contribution in [0.2, 0.25) is 0 Å². The summed E-state index contributed by atoms with van der Waals surface area (Å²) in [7, 11) is 0. The van der Waals surface area contributed by atoms with E-state index in [9.17, 15) is 0 Å². The van der Waals surface area contributed by atoms with E-state index >= 15 is 0 Å². The molecule has 2 aromatic carbocycles. The van der Waals surface area contributed by atoms with Crippen LogP contribution in [0.25, 0.3) is 0 Å². The van der Waals surface area contributed by atoms with E-state index in [1.165, 1.54) is 6.42 Å². The minimum absolute atomic E-state index is 0.728. The second kappa shape index (κ2) is 7.59. The summed E-state index contributed by atoms with van der Waals surface area (Å²) >= 11 is 0. The maximum atomic E-state index is 5.78. The van der Waals surface area contributed by atoms with Gasteiger partial charge < -0.3 is 9.47 Å². The second-order valence-corrected chi connectivity index (χ2v) is 5.27. The van der Waals surface area contributed by atoms with E-state index < -0.39 is 0 Å². The highest BCUT2D eigenvalue weighted by molar-refractivity contribution is 5.36. The van der Waals surface area contributed by atoms with Crippen molar-refractivity contribution in [2.45, 2.75) is 26.7 Å². The summed E-state index contributed by atoms with van der Waals surface area (Å²) in [4.78, 5) is 0. The van der Waals surface area contributed by atoms with Crippen molar-refractivity contribution in [3.8, 4) is 17.2 Å². The van der Waals surface area contributed by atoms with Crippen molar-refractivity contribution < 1.29 is 9.47 Å². The van der Waals surface area contributed by atoms with Crippen molar-refractivity contribution >= 4 is 0 Å². The first-order valence-electron chi connectivity index (χ1n) is 7.20. The van der Waals surface area contributed by atoms with Crippen molar-refractivity contribution in [2.24, 2.45) is 5.92 Å². The van der Waals surface area contributed by atoms with Gasteiger partial charge in [-0.3, -0.25) is 0 Å². The Labute approximate surface area is 121 Å². The van der Waals surface area contributed by atoms with E-state index in [2.05, 4.69) is 13.8 Å². The zero-order valence-electron chi connectivity index (χ0n) is 12.2. The molecule has 0 radical (unpaired) electrons. The van der Waals surface area contributed by atoms with E-state index in [0.717, 1.165) is 36.2 Å². The van der Waals surface area contributed by atoms with Crippen LogP contribution >= 0.6 is 0 Å². The van der Waals surface area contributed by atoms with Gasteiger partial charge in [0.05, 0.1) is 6.61 Å². The van der Waals surface area contributed by atoms with Gasteiger partial charge in [-0.2, -0.15) is 0 Å². The lowest BCUT2D eigenvalue weighted by atomic mass is 10.1. The van der Waals surface area contributed by atoms with Gasteiger partial charge in [-0.15, -0.1) is 0 Å². The number of ether oxygens (including phenoxy) is 2. The van der Waals surface area contributed by atoms with Gasteiger partial charge in [0.1, 0.15) is 17.2 Å². The van der Waals surface area contributed by atoms with Crippen molar-refractivity contribution in [1.29, 1.82) is 0 Å². The third kappa shape index (κ3) is 4.96. The molecule has 0 unspecified atom stereocenters. The molecule has 0 aliphatic carbocycles. The highest BCUT2D eigenvalue weighted by Gasteiger charge is 2.00. The van der Waals surface area contributed by atoms with Crippen molar-refractivity contribution in [3.63, 3.8) is 0 Å². The van der Waals surface area contributed by atoms with Crippen LogP contribution in [0.5, 0.6) is 17.2 Å². The number of para-hydroxylation sites is 1. The normalized spacial score (nSPS) is 10.6. The molecule has 0 heterocycles. The Hall–Kier alpha value is -1.96. The molecule has 0 saturated heterocycles. The molecule has 0 aliphatic heterocycles. The number of hydrogen-bond acceptors (Lipinski definition) is 2. The molecule has 2 aromatic rings. The summed E-state index contributed by atoms with van der Waals surface area (Å²) in [6.07, 6.45) is 2.28. The van der Waals surface area contributed by atoms with Gasteiger partial charge in [0, 0.05) is 6.07 Å². The van der Waals surface area contributed by atoms with Gasteiger partial charge >= 0.3 is 0 Å². The SMILES string of the molecule is CC(C)CCCOc1cccc(Oc2ccccc2)c1. The molecule has 2 rings (SSSR count). The topological polar surface area (TPSA) is 18.5 Å². The predicted octanol–water partition coefficient (Wildman–Crippen LogP) is 5.29. The molecule has 106 valence electrons. The van der Waals surface area contributed by atoms with E-state index in [0.29, 0.717) is 0 Å². The van der Waals surface area contributed by atoms with Gasteiger partial charge in [-0.1, -0.05) is 38.1 Å². The first-order chi connectivity index (χ1) is 9.74. The Kier molecular flexibility index (Phi) is 5.48. The first kappa shape index (κ1) is 14.4. The smallest absolute Gasteiger partial charge is 0.131 e. The van der Waals surface area contributed by atoms with Gasteiger partial charge in [0.15, 0.2) is 0 Å². The minimum atomic E-state index is 0.728. The lowest BCUT2D eigenvalue weighted by Gasteiger charge is -2.10. The largest absolute Gasteiger partial charge is 0.493 e. The van der Waals surface area contributed by atoms with Crippen LogP contribution in [0.3, 0.4) is 0 Å². The average molecular weight is 270 g/mol. The molecule has 20 heavy (non-hydrogen) atoms. The fourth-order valence-electron chi connectivity index (χ4n) is 1.93. The Morgan fingerprint density at radius 2 is 1.55 bits per heavy atom. The molecule has 0 bridgehead atoms. The molecule has 0 amide bonds. The highest BCUT2D eigenvalue weighted by atomic mass is 16.5. The Bertz CT molecular complexity index is 506. The van der Waals surface area contributed by atoms with Crippen LogP contribution in [0.1, 0.15) is 26.7 Å². The molecule has 0 saturated carbocycles. The van der Waals surface area contributed by atoms with Crippen LogP contribution in [0.4, 0.5) is 0 Å².